The Morgan fingerprint density at radius 3 is 1.88 bits per heavy atom. The molecule has 3 rings (SSSR count). The summed E-state index contributed by atoms with van der Waals surface area (Å²) in [5, 5.41) is 2.66. The normalized spacial score (nSPS) is 20.5. The lowest BCUT2D eigenvalue weighted by atomic mass is 10.1. The minimum absolute atomic E-state index is 0.993. The van der Waals surface area contributed by atoms with E-state index in [1.54, 1.807) is 0 Å². The number of rotatable bonds is 4. The minimum Gasteiger partial charge on any atom is -0.355 e. The van der Waals surface area contributed by atoms with Crippen LogP contribution >= 0.6 is 0 Å². The average Bonchev–Trinajstić information content (AvgIpc) is 2.66. The summed E-state index contributed by atoms with van der Waals surface area (Å²) in [5.74, 6) is 1.42. The van der Waals surface area contributed by atoms with Gasteiger partial charge in [-0.05, 0) is 25.7 Å². The Kier molecular flexibility index (Phi) is 6.38. The van der Waals surface area contributed by atoms with Crippen LogP contribution in [-0.4, -0.2) is 86.1 Å². The Bertz CT molecular complexity index is 699. The van der Waals surface area contributed by atoms with Crippen molar-refractivity contribution in [2.24, 2.45) is 0 Å². The first-order chi connectivity index (χ1) is 12.6. The predicted molar refractivity (Wildman–Crippen MR) is 111 cm³/mol. The quantitative estimate of drug-likeness (QED) is 0.800. The third-order valence-corrected chi connectivity index (χ3v) is 5.62. The van der Waals surface area contributed by atoms with Gasteiger partial charge in [0.1, 0.15) is 5.82 Å². The zero-order valence-corrected chi connectivity index (χ0v) is 16.7. The van der Waals surface area contributed by atoms with Crippen molar-refractivity contribution in [2.45, 2.75) is 13.3 Å². The lowest BCUT2D eigenvalue weighted by Gasteiger charge is -2.43. The SMILES string of the molecule is C=C(/C=c1/ccccc1=C(N1CCN(C)CC1)N1CCN(C)CC1)CC. The molecule has 0 N–H and O–H groups in total. The van der Waals surface area contributed by atoms with Gasteiger partial charge in [0, 0.05) is 57.6 Å². The molecule has 0 radical (unpaired) electrons. The van der Waals surface area contributed by atoms with Crippen LogP contribution in [0.5, 0.6) is 0 Å². The van der Waals surface area contributed by atoms with Gasteiger partial charge in [0.15, 0.2) is 0 Å². The first-order valence-electron chi connectivity index (χ1n) is 9.94. The first-order valence-corrected chi connectivity index (χ1v) is 9.94. The molecule has 2 fully saturated rings. The molecule has 26 heavy (non-hydrogen) atoms. The summed E-state index contributed by atoms with van der Waals surface area (Å²) in [6.45, 7) is 15.3. The summed E-state index contributed by atoms with van der Waals surface area (Å²) in [5.41, 5.74) is 1.19. The molecule has 0 aromatic heterocycles. The molecule has 1 aromatic carbocycles. The summed E-state index contributed by atoms with van der Waals surface area (Å²) in [6, 6.07) is 8.85. The molecule has 0 unspecified atom stereocenters. The van der Waals surface area contributed by atoms with Crippen LogP contribution in [0.15, 0.2) is 36.4 Å². The molecule has 2 aliphatic heterocycles. The number of allylic oxidation sites excluding steroid dienone is 1. The smallest absolute Gasteiger partial charge is 0.112 e. The Hall–Kier alpha value is -1.78. The number of likely N-dealkylation sites (N-methyl/N-ethyl adjacent to an activating group) is 2. The van der Waals surface area contributed by atoms with Crippen molar-refractivity contribution >= 4 is 11.9 Å². The van der Waals surface area contributed by atoms with E-state index in [4.69, 9.17) is 0 Å². The van der Waals surface area contributed by atoms with Crippen molar-refractivity contribution in [3.8, 4) is 0 Å². The summed E-state index contributed by atoms with van der Waals surface area (Å²) in [6.07, 6.45) is 3.26. The molecule has 2 heterocycles. The molecule has 0 atom stereocenters. The Labute approximate surface area is 158 Å². The number of hydrogen-bond acceptors (Lipinski definition) is 4. The monoisotopic (exact) mass is 354 g/mol. The van der Waals surface area contributed by atoms with Gasteiger partial charge in [-0.1, -0.05) is 49.4 Å². The van der Waals surface area contributed by atoms with Crippen molar-refractivity contribution in [1.29, 1.82) is 0 Å². The molecule has 0 amide bonds. The first kappa shape index (κ1) is 19.0. The van der Waals surface area contributed by atoms with E-state index in [1.165, 1.54) is 21.8 Å². The highest BCUT2D eigenvalue weighted by atomic mass is 15.4. The molecule has 0 bridgehead atoms. The van der Waals surface area contributed by atoms with Crippen molar-refractivity contribution < 1.29 is 0 Å². The van der Waals surface area contributed by atoms with Crippen molar-refractivity contribution in [1.82, 2.24) is 19.6 Å². The van der Waals surface area contributed by atoms with Crippen LogP contribution in [0.25, 0.3) is 11.9 Å². The highest BCUT2D eigenvalue weighted by Crippen LogP contribution is 2.15. The fourth-order valence-corrected chi connectivity index (χ4v) is 3.73. The maximum Gasteiger partial charge on any atom is 0.112 e. The van der Waals surface area contributed by atoms with Gasteiger partial charge in [-0.3, -0.25) is 0 Å². The Morgan fingerprint density at radius 1 is 0.885 bits per heavy atom. The molecule has 0 saturated carbocycles. The van der Waals surface area contributed by atoms with Crippen LogP contribution in [0.2, 0.25) is 0 Å². The van der Waals surface area contributed by atoms with Gasteiger partial charge in [-0.2, -0.15) is 0 Å². The van der Waals surface area contributed by atoms with E-state index in [-0.39, 0.29) is 0 Å². The number of benzene rings is 1. The molecule has 4 heteroatoms. The van der Waals surface area contributed by atoms with Gasteiger partial charge < -0.3 is 19.6 Å². The fraction of sp³-hybridized carbons (Fsp3) is 0.545. The van der Waals surface area contributed by atoms with Crippen LogP contribution < -0.4 is 10.4 Å². The van der Waals surface area contributed by atoms with Gasteiger partial charge in [0.05, 0.1) is 0 Å². The van der Waals surface area contributed by atoms with Crippen molar-refractivity contribution in [3.63, 3.8) is 0 Å². The molecule has 0 aliphatic carbocycles. The molecule has 4 nitrogen and oxygen atoms in total. The predicted octanol–water partition coefficient (Wildman–Crippen LogP) is 0.994. The van der Waals surface area contributed by atoms with Crippen LogP contribution in [-0.2, 0) is 0 Å². The van der Waals surface area contributed by atoms with E-state index in [0.29, 0.717) is 0 Å². The lowest BCUT2D eigenvalue weighted by Crippen LogP contribution is -2.54. The summed E-state index contributed by atoms with van der Waals surface area (Å²) in [7, 11) is 4.44. The molecule has 2 aliphatic rings. The van der Waals surface area contributed by atoms with E-state index in [9.17, 15) is 0 Å². The Morgan fingerprint density at radius 2 is 1.38 bits per heavy atom. The number of nitrogens with zero attached hydrogens (tertiary/aromatic N) is 4. The van der Waals surface area contributed by atoms with Crippen LogP contribution in [0.1, 0.15) is 13.3 Å². The summed E-state index contributed by atoms with van der Waals surface area (Å²) in [4.78, 5) is 10.1. The molecule has 1 aromatic rings. The van der Waals surface area contributed by atoms with Crippen LogP contribution in [0.3, 0.4) is 0 Å². The Balaban J connectivity index is 2.09. The van der Waals surface area contributed by atoms with Crippen LogP contribution in [0, 0.1) is 0 Å². The van der Waals surface area contributed by atoms with E-state index < -0.39 is 0 Å². The zero-order valence-electron chi connectivity index (χ0n) is 16.7. The lowest BCUT2D eigenvalue weighted by molar-refractivity contribution is 0.147. The molecular weight excluding hydrogens is 320 g/mol. The van der Waals surface area contributed by atoms with Gasteiger partial charge in [0.25, 0.3) is 0 Å². The third-order valence-electron chi connectivity index (χ3n) is 5.62. The van der Waals surface area contributed by atoms with Crippen LogP contribution in [0.4, 0.5) is 0 Å². The van der Waals surface area contributed by atoms with Gasteiger partial charge in [-0.15, -0.1) is 0 Å². The third kappa shape index (κ3) is 4.49. The molecule has 142 valence electrons. The van der Waals surface area contributed by atoms with E-state index >= 15 is 0 Å². The standard InChI is InChI=1S/C22H34N4/c1-5-19(2)18-20-8-6-7-9-21(20)22(25-14-10-23(3)11-15-25)26-16-12-24(4)13-17-26/h6-9,18H,2,5,10-17H2,1,3-4H3/b20-18-. The van der Waals surface area contributed by atoms with E-state index in [0.717, 1.165) is 58.8 Å². The fourth-order valence-electron chi connectivity index (χ4n) is 3.73. The second-order valence-corrected chi connectivity index (χ2v) is 7.65. The highest BCUT2D eigenvalue weighted by molar-refractivity contribution is 5.50. The second kappa shape index (κ2) is 8.74. The molecule has 2 saturated heterocycles. The maximum atomic E-state index is 4.21. The molecular formula is C22H34N4. The van der Waals surface area contributed by atoms with E-state index in [2.05, 4.69) is 77.5 Å². The number of hydrogen-bond donors (Lipinski definition) is 0. The van der Waals surface area contributed by atoms with Crippen molar-refractivity contribution in [2.75, 3.05) is 66.5 Å². The molecule has 0 spiro atoms. The topological polar surface area (TPSA) is 13.0 Å². The minimum atomic E-state index is 0.993. The van der Waals surface area contributed by atoms with E-state index in [1.807, 2.05) is 0 Å². The summed E-state index contributed by atoms with van der Waals surface area (Å²) < 4.78 is 0. The second-order valence-electron chi connectivity index (χ2n) is 7.65. The van der Waals surface area contributed by atoms with Crippen molar-refractivity contribution in [3.05, 3.63) is 46.9 Å². The summed E-state index contributed by atoms with van der Waals surface area (Å²) >= 11 is 0. The average molecular weight is 355 g/mol. The highest BCUT2D eigenvalue weighted by Gasteiger charge is 2.24. The zero-order chi connectivity index (χ0) is 18.5. The van der Waals surface area contributed by atoms with Gasteiger partial charge >= 0.3 is 0 Å². The number of piperazine rings is 2. The maximum absolute atomic E-state index is 4.21. The van der Waals surface area contributed by atoms with Gasteiger partial charge in [-0.25, -0.2) is 0 Å². The van der Waals surface area contributed by atoms with Gasteiger partial charge in [0.2, 0.25) is 0 Å². The largest absolute Gasteiger partial charge is 0.355 e.